The summed E-state index contributed by atoms with van der Waals surface area (Å²) >= 11 is 3.60. The first-order valence-electron chi connectivity index (χ1n) is 6.95. The van der Waals surface area contributed by atoms with E-state index in [2.05, 4.69) is 84.6 Å². The van der Waals surface area contributed by atoms with Crippen molar-refractivity contribution >= 4 is 23.5 Å². The Bertz CT molecular complexity index is 546. The molecule has 0 aliphatic carbocycles. The zero-order chi connectivity index (χ0) is 14.9. The van der Waals surface area contributed by atoms with Crippen molar-refractivity contribution in [3.63, 3.8) is 0 Å². The van der Waals surface area contributed by atoms with Gasteiger partial charge in [-0.15, -0.1) is 23.5 Å². The van der Waals surface area contributed by atoms with E-state index < -0.39 is 0 Å². The maximum absolute atomic E-state index is 3.65. The van der Waals surface area contributed by atoms with E-state index in [1.807, 2.05) is 0 Å². The van der Waals surface area contributed by atoms with E-state index >= 15 is 0 Å². The highest BCUT2D eigenvalue weighted by Crippen LogP contribution is 2.28. The molecule has 2 aromatic rings. The van der Waals surface area contributed by atoms with E-state index in [0.717, 1.165) is 6.54 Å². The first-order chi connectivity index (χ1) is 10.3. The molecule has 1 unspecified atom stereocenters. The monoisotopic (exact) mass is 315 g/mol. The molecular formula is C18H21NS2. The van der Waals surface area contributed by atoms with Crippen LogP contribution in [0.5, 0.6) is 0 Å². The smallest absolute Gasteiger partial charge is 0.0527 e. The maximum Gasteiger partial charge on any atom is 0.0527 e. The van der Waals surface area contributed by atoms with E-state index in [1.165, 1.54) is 15.4 Å². The van der Waals surface area contributed by atoms with Gasteiger partial charge in [-0.25, -0.2) is 0 Å². The van der Waals surface area contributed by atoms with Crippen LogP contribution in [0.3, 0.4) is 0 Å². The Hall–Kier alpha value is -1.16. The molecule has 0 heterocycles. The average molecular weight is 316 g/mol. The minimum absolute atomic E-state index is 0.237. The SMILES string of the molecule is CSC(=CC(NCc1ccccc1)c1ccccc1)SC. The number of benzene rings is 2. The average Bonchev–Trinajstić information content (AvgIpc) is 2.57. The van der Waals surface area contributed by atoms with Crippen LogP contribution in [0.15, 0.2) is 71.0 Å². The van der Waals surface area contributed by atoms with Crippen molar-refractivity contribution in [2.75, 3.05) is 12.5 Å². The van der Waals surface area contributed by atoms with Gasteiger partial charge in [0.25, 0.3) is 0 Å². The van der Waals surface area contributed by atoms with Gasteiger partial charge in [-0.3, -0.25) is 0 Å². The quantitative estimate of drug-likeness (QED) is 0.765. The molecule has 0 aromatic heterocycles. The van der Waals surface area contributed by atoms with Crippen LogP contribution >= 0.6 is 23.5 Å². The van der Waals surface area contributed by atoms with Gasteiger partial charge in [0.05, 0.1) is 6.04 Å². The first kappa shape index (κ1) is 16.2. The standard InChI is InChI=1S/C18H21NS2/c1-20-18(21-2)13-17(16-11-7-4-8-12-16)19-14-15-9-5-3-6-10-15/h3-13,17,19H,14H2,1-2H3. The summed E-state index contributed by atoms with van der Waals surface area (Å²) in [6, 6.07) is 21.4. The summed E-state index contributed by atoms with van der Waals surface area (Å²) in [4.78, 5) is 0. The number of hydrogen-bond donors (Lipinski definition) is 1. The predicted octanol–water partition coefficient (Wildman–Crippen LogP) is 5.08. The molecule has 2 aromatic carbocycles. The highest BCUT2D eigenvalue weighted by atomic mass is 32.2. The van der Waals surface area contributed by atoms with Crippen LogP contribution < -0.4 is 5.32 Å². The Morgan fingerprint density at radius 3 is 2.10 bits per heavy atom. The van der Waals surface area contributed by atoms with E-state index in [0.29, 0.717) is 0 Å². The van der Waals surface area contributed by atoms with Gasteiger partial charge < -0.3 is 5.32 Å². The van der Waals surface area contributed by atoms with Crippen molar-refractivity contribution in [1.29, 1.82) is 0 Å². The van der Waals surface area contributed by atoms with Crippen molar-refractivity contribution < 1.29 is 0 Å². The molecule has 0 saturated heterocycles. The fourth-order valence-corrected chi connectivity index (χ4v) is 3.32. The second-order valence-electron chi connectivity index (χ2n) is 4.65. The largest absolute Gasteiger partial charge is 0.303 e. The Morgan fingerprint density at radius 1 is 0.952 bits per heavy atom. The molecule has 2 rings (SSSR count). The van der Waals surface area contributed by atoms with Gasteiger partial charge in [0, 0.05) is 10.8 Å². The summed E-state index contributed by atoms with van der Waals surface area (Å²) in [6.45, 7) is 0.868. The molecule has 0 radical (unpaired) electrons. The second-order valence-corrected chi connectivity index (χ2v) is 6.60. The molecule has 0 spiro atoms. The first-order valence-corrected chi connectivity index (χ1v) is 9.40. The van der Waals surface area contributed by atoms with Crippen molar-refractivity contribution in [2.24, 2.45) is 0 Å². The molecule has 0 fully saturated rings. The summed E-state index contributed by atoms with van der Waals surface area (Å²) in [5, 5.41) is 3.65. The number of rotatable bonds is 7. The van der Waals surface area contributed by atoms with Gasteiger partial charge in [0.2, 0.25) is 0 Å². The Balaban J connectivity index is 2.14. The van der Waals surface area contributed by atoms with Crippen molar-refractivity contribution in [1.82, 2.24) is 5.32 Å². The maximum atomic E-state index is 3.65. The molecule has 21 heavy (non-hydrogen) atoms. The third-order valence-corrected chi connectivity index (χ3v) is 5.31. The van der Waals surface area contributed by atoms with Gasteiger partial charge in [-0.05, 0) is 29.7 Å². The summed E-state index contributed by atoms with van der Waals surface area (Å²) in [5.74, 6) is 0. The number of thioether (sulfide) groups is 2. The highest BCUT2D eigenvalue weighted by Gasteiger charge is 2.09. The zero-order valence-electron chi connectivity index (χ0n) is 12.5. The van der Waals surface area contributed by atoms with Gasteiger partial charge >= 0.3 is 0 Å². The molecule has 1 nitrogen and oxygen atoms in total. The van der Waals surface area contributed by atoms with Gasteiger partial charge in [0.15, 0.2) is 0 Å². The van der Waals surface area contributed by atoms with Gasteiger partial charge in [-0.1, -0.05) is 60.7 Å². The zero-order valence-corrected chi connectivity index (χ0v) is 14.1. The lowest BCUT2D eigenvalue weighted by molar-refractivity contribution is 0.621. The van der Waals surface area contributed by atoms with Crippen LogP contribution in [0.25, 0.3) is 0 Å². The topological polar surface area (TPSA) is 12.0 Å². The fraction of sp³-hybridized carbons (Fsp3) is 0.222. The molecule has 0 saturated carbocycles. The Labute approximate surface area is 136 Å². The van der Waals surface area contributed by atoms with E-state index in [-0.39, 0.29) is 6.04 Å². The van der Waals surface area contributed by atoms with Crippen LogP contribution in [0, 0.1) is 0 Å². The van der Waals surface area contributed by atoms with Gasteiger partial charge in [0.1, 0.15) is 0 Å². The molecule has 0 aliphatic heterocycles. The molecule has 0 amide bonds. The molecule has 110 valence electrons. The summed E-state index contributed by atoms with van der Waals surface area (Å²) in [6.07, 6.45) is 6.57. The third-order valence-electron chi connectivity index (χ3n) is 3.23. The van der Waals surface area contributed by atoms with E-state index in [4.69, 9.17) is 0 Å². The van der Waals surface area contributed by atoms with Crippen LogP contribution in [0.4, 0.5) is 0 Å². The third kappa shape index (κ3) is 5.27. The lowest BCUT2D eigenvalue weighted by atomic mass is 10.1. The molecule has 3 heteroatoms. The van der Waals surface area contributed by atoms with Crippen molar-refractivity contribution in [2.45, 2.75) is 12.6 Å². The second kappa shape index (κ2) is 8.98. The number of nitrogens with one attached hydrogen (secondary N) is 1. The van der Waals surface area contributed by atoms with Crippen molar-refractivity contribution in [3.8, 4) is 0 Å². The summed E-state index contributed by atoms with van der Waals surface area (Å²) in [5.41, 5.74) is 2.61. The fourth-order valence-electron chi connectivity index (χ4n) is 2.11. The van der Waals surface area contributed by atoms with Crippen LogP contribution in [-0.4, -0.2) is 12.5 Å². The summed E-state index contributed by atoms with van der Waals surface area (Å²) in [7, 11) is 0. The minimum atomic E-state index is 0.237. The molecular weight excluding hydrogens is 294 g/mol. The lowest BCUT2D eigenvalue weighted by Gasteiger charge is -2.17. The Kier molecular flexibility index (Phi) is 6.93. The van der Waals surface area contributed by atoms with Crippen LogP contribution in [-0.2, 0) is 6.54 Å². The Morgan fingerprint density at radius 2 is 1.52 bits per heavy atom. The molecule has 1 atom stereocenters. The van der Waals surface area contributed by atoms with E-state index in [9.17, 15) is 0 Å². The van der Waals surface area contributed by atoms with E-state index in [1.54, 1.807) is 23.5 Å². The van der Waals surface area contributed by atoms with Crippen LogP contribution in [0.2, 0.25) is 0 Å². The van der Waals surface area contributed by atoms with Crippen molar-refractivity contribution in [3.05, 3.63) is 82.1 Å². The predicted molar refractivity (Wildman–Crippen MR) is 97.6 cm³/mol. The minimum Gasteiger partial charge on any atom is -0.303 e. The normalized spacial score (nSPS) is 11.9. The lowest BCUT2D eigenvalue weighted by Crippen LogP contribution is -2.19. The molecule has 0 aliphatic rings. The summed E-state index contributed by atoms with van der Waals surface area (Å²) < 4.78 is 1.34. The molecule has 1 N–H and O–H groups in total. The number of hydrogen-bond acceptors (Lipinski definition) is 3. The van der Waals surface area contributed by atoms with Crippen LogP contribution in [0.1, 0.15) is 17.2 Å². The molecule has 0 bridgehead atoms. The van der Waals surface area contributed by atoms with Gasteiger partial charge in [-0.2, -0.15) is 0 Å². The highest BCUT2D eigenvalue weighted by molar-refractivity contribution is 8.21.